The van der Waals surface area contributed by atoms with Gasteiger partial charge in [-0.15, -0.1) is 0 Å². The Labute approximate surface area is 191 Å². The normalized spacial score (nSPS) is 13.2. The lowest BCUT2D eigenvalue weighted by Gasteiger charge is -2.32. The number of carbonyl (C=O) groups is 3. The quantitative estimate of drug-likeness (QED) is 0.472. The summed E-state index contributed by atoms with van der Waals surface area (Å²) in [5, 5.41) is 15.4. The second kappa shape index (κ2) is 12.3. The number of ether oxygens (including phenoxy) is 1. The van der Waals surface area contributed by atoms with E-state index < -0.39 is 29.7 Å². The number of hydrogen-bond acceptors (Lipinski definition) is 5. The van der Waals surface area contributed by atoms with Gasteiger partial charge in [-0.3, -0.25) is 9.59 Å². The number of benzene rings is 1. The molecule has 32 heavy (non-hydrogen) atoms. The van der Waals surface area contributed by atoms with E-state index in [1.807, 2.05) is 20.8 Å². The molecule has 8 heteroatoms. The van der Waals surface area contributed by atoms with Crippen molar-refractivity contribution in [3.63, 3.8) is 0 Å². The zero-order valence-corrected chi connectivity index (χ0v) is 20.4. The van der Waals surface area contributed by atoms with Gasteiger partial charge in [-0.25, -0.2) is 4.79 Å². The summed E-state index contributed by atoms with van der Waals surface area (Å²) in [5.41, 5.74) is -0.222. The van der Waals surface area contributed by atoms with E-state index in [2.05, 4.69) is 10.6 Å². The SMILES string of the molecule is CCCCNC(=O)C(c1cccc(O)c1)N(C)C(=O)C(CC(C)C)NC(=O)OC(C)(C)C. The van der Waals surface area contributed by atoms with Crippen LogP contribution in [0.25, 0.3) is 0 Å². The van der Waals surface area contributed by atoms with E-state index >= 15 is 0 Å². The van der Waals surface area contributed by atoms with Crippen molar-refractivity contribution in [3.8, 4) is 5.75 Å². The van der Waals surface area contributed by atoms with Crippen LogP contribution in [0.1, 0.15) is 72.4 Å². The van der Waals surface area contributed by atoms with Crippen molar-refractivity contribution in [2.24, 2.45) is 5.92 Å². The summed E-state index contributed by atoms with van der Waals surface area (Å²) in [6.45, 7) is 11.6. The van der Waals surface area contributed by atoms with Crippen molar-refractivity contribution in [1.29, 1.82) is 0 Å². The molecule has 0 spiro atoms. The number of carbonyl (C=O) groups excluding carboxylic acids is 3. The maximum absolute atomic E-state index is 13.4. The molecule has 2 atom stereocenters. The maximum atomic E-state index is 13.4. The first kappa shape index (κ1) is 27.3. The van der Waals surface area contributed by atoms with Crippen LogP contribution in [-0.4, -0.2) is 53.1 Å². The molecule has 3 N–H and O–H groups in total. The molecular formula is C24H39N3O5. The summed E-state index contributed by atoms with van der Waals surface area (Å²) in [5.74, 6) is -0.644. The van der Waals surface area contributed by atoms with Gasteiger partial charge in [0, 0.05) is 13.6 Å². The Hall–Kier alpha value is -2.77. The Morgan fingerprint density at radius 1 is 1.19 bits per heavy atom. The van der Waals surface area contributed by atoms with Gasteiger partial charge in [0.25, 0.3) is 0 Å². The van der Waals surface area contributed by atoms with E-state index in [1.54, 1.807) is 32.9 Å². The molecule has 0 aliphatic heterocycles. The third-order valence-electron chi connectivity index (χ3n) is 4.69. The summed E-state index contributed by atoms with van der Waals surface area (Å²) >= 11 is 0. The molecule has 1 aromatic carbocycles. The molecule has 0 aromatic heterocycles. The average molecular weight is 450 g/mol. The van der Waals surface area contributed by atoms with E-state index in [1.165, 1.54) is 24.1 Å². The summed E-state index contributed by atoms with van der Waals surface area (Å²) in [4.78, 5) is 40.1. The second-order valence-electron chi connectivity index (χ2n) is 9.42. The molecular weight excluding hydrogens is 410 g/mol. The third-order valence-corrected chi connectivity index (χ3v) is 4.69. The molecule has 0 aliphatic carbocycles. The predicted octanol–water partition coefficient (Wildman–Crippen LogP) is 3.75. The number of nitrogens with zero attached hydrogens (tertiary/aromatic N) is 1. The van der Waals surface area contributed by atoms with Gasteiger partial charge in [0.2, 0.25) is 11.8 Å². The van der Waals surface area contributed by atoms with Crippen LogP contribution in [0.5, 0.6) is 5.75 Å². The van der Waals surface area contributed by atoms with Crippen molar-refractivity contribution in [3.05, 3.63) is 29.8 Å². The first-order valence-corrected chi connectivity index (χ1v) is 11.2. The standard InChI is InChI=1S/C24H39N3O5/c1-8-9-13-25-21(29)20(17-11-10-12-18(28)15-17)27(7)22(30)19(14-16(2)3)26-23(31)32-24(4,5)6/h10-12,15-16,19-20,28H,8-9,13-14H2,1-7H3,(H,25,29)(H,26,31). The molecule has 1 aromatic rings. The molecule has 180 valence electrons. The highest BCUT2D eigenvalue weighted by molar-refractivity contribution is 5.92. The number of aromatic hydroxyl groups is 1. The number of phenols is 1. The van der Waals surface area contributed by atoms with E-state index in [0.717, 1.165) is 12.8 Å². The number of alkyl carbamates (subject to hydrolysis) is 1. The van der Waals surface area contributed by atoms with E-state index in [-0.39, 0.29) is 17.6 Å². The minimum atomic E-state index is -0.957. The largest absolute Gasteiger partial charge is 0.508 e. The number of likely N-dealkylation sites (N-methyl/N-ethyl adjacent to an activating group) is 1. The molecule has 0 bridgehead atoms. The number of amides is 3. The summed E-state index contributed by atoms with van der Waals surface area (Å²) < 4.78 is 5.32. The van der Waals surface area contributed by atoms with Gasteiger partial charge >= 0.3 is 6.09 Å². The van der Waals surface area contributed by atoms with Crippen LogP contribution in [0.2, 0.25) is 0 Å². The summed E-state index contributed by atoms with van der Waals surface area (Å²) in [7, 11) is 1.53. The minimum absolute atomic E-state index is 0.000294. The van der Waals surface area contributed by atoms with Crippen molar-refractivity contribution in [2.45, 2.75) is 78.5 Å². The fourth-order valence-corrected chi connectivity index (χ4v) is 3.25. The Bertz CT molecular complexity index is 773. The van der Waals surface area contributed by atoms with Crippen LogP contribution >= 0.6 is 0 Å². The molecule has 0 fully saturated rings. The van der Waals surface area contributed by atoms with Crippen LogP contribution in [0.3, 0.4) is 0 Å². The lowest BCUT2D eigenvalue weighted by atomic mass is 9.99. The number of phenolic OH excluding ortho intramolecular Hbond substituents is 1. The Morgan fingerprint density at radius 3 is 2.38 bits per heavy atom. The van der Waals surface area contributed by atoms with Crippen molar-refractivity contribution >= 4 is 17.9 Å². The lowest BCUT2D eigenvalue weighted by molar-refractivity contribution is -0.141. The van der Waals surface area contributed by atoms with Crippen molar-refractivity contribution in [1.82, 2.24) is 15.5 Å². The zero-order chi connectivity index (χ0) is 24.5. The number of rotatable bonds is 10. The molecule has 0 saturated carbocycles. The first-order valence-electron chi connectivity index (χ1n) is 11.2. The first-order chi connectivity index (χ1) is 14.9. The number of unbranched alkanes of at least 4 members (excludes halogenated alkanes) is 1. The van der Waals surface area contributed by atoms with E-state index in [0.29, 0.717) is 18.5 Å². The number of nitrogens with one attached hydrogen (secondary N) is 2. The molecule has 1 rings (SSSR count). The van der Waals surface area contributed by atoms with Crippen molar-refractivity contribution < 1.29 is 24.2 Å². The highest BCUT2D eigenvalue weighted by Crippen LogP contribution is 2.25. The Kier molecular flexibility index (Phi) is 10.5. The third kappa shape index (κ3) is 9.16. The Morgan fingerprint density at radius 2 is 1.84 bits per heavy atom. The van der Waals surface area contributed by atoms with Gasteiger partial charge in [0.05, 0.1) is 0 Å². The molecule has 0 heterocycles. The van der Waals surface area contributed by atoms with Crippen molar-refractivity contribution in [2.75, 3.05) is 13.6 Å². The van der Waals surface area contributed by atoms with Crippen LogP contribution in [0, 0.1) is 5.92 Å². The van der Waals surface area contributed by atoms with Gasteiger partial charge in [0.1, 0.15) is 23.4 Å². The average Bonchev–Trinajstić information content (AvgIpc) is 2.65. The van der Waals surface area contributed by atoms with Gasteiger partial charge < -0.3 is 25.4 Å². The van der Waals surface area contributed by atoms with E-state index in [9.17, 15) is 19.5 Å². The van der Waals surface area contributed by atoms with Crippen LogP contribution in [-0.2, 0) is 14.3 Å². The Balaban J connectivity index is 3.18. The minimum Gasteiger partial charge on any atom is -0.508 e. The molecule has 3 amide bonds. The predicted molar refractivity (Wildman–Crippen MR) is 124 cm³/mol. The lowest BCUT2D eigenvalue weighted by Crippen LogP contribution is -2.52. The van der Waals surface area contributed by atoms with Gasteiger partial charge in [-0.05, 0) is 57.2 Å². The molecule has 8 nitrogen and oxygen atoms in total. The molecule has 0 aliphatic rings. The summed E-state index contributed by atoms with van der Waals surface area (Å²) in [6.07, 6.45) is 1.42. The van der Waals surface area contributed by atoms with Crippen LogP contribution in [0.4, 0.5) is 4.79 Å². The van der Waals surface area contributed by atoms with Gasteiger partial charge in [0.15, 0.2) is 0 Å². The monoisotopic (exact) mass is 449 g/mol. The second-order valence-corrected chi connectivity index (χ2v) is 9.42. The highest BCUT2D eigenvalue weighted by atomic mass is 16.6. The molecule has 0 saturated heterocycles. The topological polar surface area (TPSA) is 108 Å². The zero-order valence-electron chi connectivity index (χ0n) is 20.4. The van der Waals surface area contributed by atoms with Gasteiger partial charge in [-0.1, -0.05) is 39.3 Å². The molecule has 2 unspecified atom stereocenters. The fourth-order valence-electron chi connectivity index (χ4n) is 3.25. The molecule has 0 radical (unpaired) electrons. The highest BCUT2D eigenvalue weighted by Gasteiger charge is 2.34. The van der Waals surface area contributed by atoms with Crippen LogP contribution < -0.4 is 10.6 Å². The number of hydrogen-bond donors (Lipinski definition) is 3. The van der Waals surface area contributed by atoms with Gasteiger partial charge in [-0.2, -0.15) is 0 Å². The van der Waals surface area contributed by atoms with Crippen LogP contribution in [0.15, 0.2) is 24.3 Å². The van der Waals surface area contributed by atoms with E-state index in [4.69, 9.17) is 4.74 Å². The smallest absolute Gasteiger partial charge is 0.408 e. The fraction of sp³-hybridized carbons (Fsp3) is 0.625. The summed E-state index contributed by atoms with van der Waals surface area (Å²) in [6, 6.07) is 4.46. The maximum Gasteiger partial charge on any atom is 0.408 e.